The summed E-state index contributed by atoms with van der Waals surface area (Å²) in [4.78, 5) is 23.6. The minimum absolute atomic E-state index is 0.0336. The maximum Gasteiger partial charge on any atom is 0.305 e. The van der Waals surface area contributed by atoms with Crippen LogP contribution in [0.1, 0.15) is 29.0 Å². The Morgan fingerprint density at radius 1 is 1.29 bits per heavy atom. The molecule has 0 bridgehead atoms. The van der Waals surface area contributed by atoms with Crippen LogP contribution in [0.5, 0.6) is 5.75 Å². The summed E-state index contributed by atoms with van der Waals surface area (Å²) in [5, 5.41) is 0.813. The molecular weight excluding hydrogens is 272 g/mol. The summed E-state index contributed by atoms with van der Waals surface area (Å²) >= 11 is 0. The van der Waals surface area contributed by atoms with Crippen LogP contribution in [0.25, 0.3) is 11.0 Å². The van der Waals surface area contributed by atoms with Gasteiger partial charge in [0.25, 0.3) is 0 Å². The van der Waals surface area contributed by atoms with E-state index >= 15 is 0 Å². The van der Waals surface area contributed by atoms with E-state index in [1.54, 1.807) is 26.2 Å². The largest absolute Gasteiger partial charge is 0.497 e. The van der Waals surface area contributed by atoms with Crippen LogP contribution in [-0.4, -0.2) is 18.9 Å². The molecule has 2 aromatic rings. The highest BCUT2D eigenvalue weighted by molar-refractivity contribution is 6.00. The van der Waals surface area contributed by atoms with Crippen LogP contribution in [0.2, 0.25) is 0 Å². The Morgan fingerprint density at radius 3 is 2.71 bits per heavy atom. The first-order chi connectivity index (χ1) is 10.1. The molecule has 0 aliphatic heterocycles. The second kappa shape index (κ2) is 5.12. The quantitative estimate of drug-likeness (QED) is 0.846. The molecule has 0 saturated heterocycles. The number of furan rings is 1. The van der Waals surface area contributed by atoms with Gasteiger partial charge >= 0.3 is 5.91 Å². The molecule has 3 rings (SSSR count). The summed E-state index contributed by atoms with van der Waals surface area (Å²) in [6, 6.07) is 5.33. The molecule has 1 aromatic heterocycles. The van der Waals surface area contributed by atoms with Crippen molar-refractivity contribution >= 4 is 22.8 Å². The molecule has 0 atom stereocenters. The van der Waals surface area contributed by atoms with E-state index in [0.717, 1.165) is 18.2 Å². The fourth-order valence-electron chi connectivity index (χ4n) is 2.17. The van der Waals surface area contributed by atoms with Crippen molar-refractivity contribution in [3.05, 3.63) is 29.5 Å². The monoisotopic (exact) mass is 288 g/mol. The van der Waals surface area contributed by atoms with E-state index in [0.29, 0.717) is 16.9 Å². The van der Waals surface area contributed by atoms with Gasteiger partial charge in [0.2, 0.25) is 5.91 Å². The van der Waals surface area contributed by atoms with E-state index in [1.807, 2.05) is 6.07 Å². The number of aryl methyl sites for hydroxylation is 1. The number of hydrogen-bond acceptors (Lipinski definition) is 4. The number of hydrazine groups is 1. The average molecular weight is 288 g/mol. The van der Waals surface area contributed by atoms with Crippen molar-refractivity contribution in [2.45, 2.75) is 19.8 Å². The Hall–Kier alpha value is -2.50. The van der Waals surface area contributed by atoms with Crippen LogP contribution in [0.4, 0.5) is 0 Å². The van der Waals surface area contributed by atoms with Crippen molar-refractivity contribution in [3.8, 4) is 5.75 Å². The minimum Gasteiger partial charge on any atom is -0.497 e. The summed E-state index contributed by atoms with van der Waals surface area (Å²) in [6.45, 7) is 1.79. The number of ether oxygens (including phenoxy) is 1. The molecule has 0 spiro atoms. The van der Waals surface area contributed by atoms with Crippen molar-refractivity contribution < 1.29 is 18.7 Å². The first kappa shape index (κ1) is 13.5. The highest BCUT2D eigenvalue weighted by Gasteiger charge is 2.30. The predicted octanol–water partition coefficient (Wildman–Crippen LogP) is 1.92. The van der Waals surface area contributed by atoms with E-state index in [1.165, 1.54) is 0 Å². The summed E-state index contributed by atoms with van der Waals surface area (Å²) in [6.07, 6.45) is 1.76. The molecule has 1 fully saturated rings. The molecule has 2 amide bonds. The van der Waals surface area contributed by atoms with E-state index in [2.05, 4.69) is 10.9 Å². The smallest absolute Gasteiger partial charge is 0.305 e. The zero-order valence-corrected chi connectivity index (χ0v) is 11.9. The van der Waals surface area contributed by atoms with Gasteiger partial charge in [-0.25, -0.2) is 0 Å². The van der Waals surface area contributed by atoms with Crippen molar-refractivity contribution in [2.24, 2.45) is 5.92 Å². The number of carbonyl (C=O) groups is 2. The van der Waals surface area contributed by atoms with Crippen LogP contribution >= 0.6 is 0 Å². The minimum atomic E-state index is -0.461. The first-order valence-corrected chi connectivity index (χ1v) is 6.77. The Kier molecular flexibility index (Phi) is 3.29. The zero-order valence-electron chi connectivity index (χ0n) is 11.9. The molecule has 1 aliphatic rings. The molecule has 1 heterocycles. The van der Waals surface area contributed by atoms with Crippen molar-refractivity contribution in [1.29, 1.82) is 0 Å². The van der Waals surface area contributed by atoms with E-state index in [4.69, 9.17) is 9.15 Å². The van der Waals surface area contributed by atoms with Gasteiger partial charge in [-0.1, -0.05) is 0 Å². The normalized spacial score (nSPS) is 14.0. The standard InChI is InChI=1S/C15H16N2O4/c1-8-11-7-10(20-2)5-6-12(11)21-13(8)15(19)17-16-14(18)9-3-4-9/h5-7,9H,3-4H2,1-2H3,(H,16,18)(H,17,19). The van der Waals surface area contributed by atoms with Gasteiger partial charge in [-0.2, -0.15) is 0 Å². The lowest BCUT2D eigenvalue weighted by Crippen LogP contribution is -2.42. The number of fused-ring (bicyclic) bond motifs is 1. The van der Waals surface area contributed by atoms with Gasteiger partial charge in [-0.3, -0.25) is 20.4 Å². The van der Waals surface area contributed by atoms with Gasteiger partial charge < -0.3 is 9.15 Å². The topological polar surface area (TPSA) is 80.6 Å². The molecule has 2 N–H and O–H groups in total. The molecule has 0 unspecified atom stereocenters. The van der Waals surface area contributed by atoms with Crippen LogP contribution in [0.15, 0.2) is 22.6 Å². The molecule has 110 valence electrons. The van der Waals surface area contributed by atoms with Crippen molar-refractivity contribution in [1.82, 2.24) is 10.9 Å². The van der Waals surface area contributed by atoms with E-state index in [9.17, 15) is 9.59 Å². The van der Waals surface area contributed by atoms with Crippen molar-refractivity contribution in [2.75, 3.05) is 7.11 Å². The second-order valence-electron chi connectivity index (χ2n) is 5.14. The molecule has 1 saturated carbocycles. The van der Waals surface area contributed by atoms with Crippen molar-refractivity contribution in [3.63, 3.8) is 0 Å². The number of rotatable bonds is 3. The molecule has 6 nitrogen and oxygen atoms in total. The SMILES string of the molecule is COc1ccc2oc(C(=O)NNC(=O)C3CC3)c(C)c2c1. The molecule has 21 heavy (non-hydrogen) atoms. The Labute approximate surface area is 121 Å². The highest BCUT2D eigenvalue weighted by atomic mass is 16.5. The average Bonchev–Trinajstić information content (AvgIpc) is 3.29. The zero-order chi connectivity index (χ0) is 15.0. The fraction of sp³-hybridized carbons (Fsp3) is 0.333. The number of carbonyl (C=O) groups excluding carboxylic acids is 2. The third kappa shape index (κ3) is 2.56. The second-order valence-corrected chi connectivity index (χ2v) is 5.14. The van der Waals surface area contributed by atoms with E-state index in [-0.39, 0.29) is 17.6 Å². The van der Waals surface area contributed by atoms with Crippen LogP contribution in [-0.2, 0) is 4.79 Å². The third-order valence-electron chi connectivity index (χ3n) is 3.60. The van der Waals surface area contributed by atoms with Crippen LogP contribution in [0, 0.1) is 12.8 Å². The fourth-order valence-corrected chi connectivity index (χ4v) is 2.17. The lowest BCUT2D eigenvalue weighted by Gasteiger charge is -2.05. The molecule has 0 radical (unpaired) electrons. The molecule has 1 aromatic carbocycles. The molecule has 6 heteroatoms. The van der Waals surface area contributed by atoms with Gasteiger partial charge in [-0.05, 0) is 38.0 Å². The van der Waals surface area contributed by atoms with Crippen LogP contribution < -0.4 is 15.6 Å². The number of methoxy groups -OCH3 is 1. The Balaban J connectivity index is 1.80. The number of amides is 2. The Bertz CT molecular complexity index is 716. The summed E-state index contributed by atoms with van der Waals surface area (Å²) < 4.78 is 10.7. The first-order valence-electron chi connectivity index (χ1n) is 6.77. The summed E-state index contributed by atoms with van der Waals surface area (Å²) in [5.41, 5.74) is 6.11. The number of benzene rings is 1. The van der Waals surface area contributed by atoms with Gasteiger partial charge in [0.1, 0.15) is 11.3 Å². The van der Waals surface area contributed by atoms with Gasteiger partial charge in [0.15, 0.2) is 5.76 Å². The lowest BCUT2D eigenvalue weighted by molar-refractivity contribution is -0.123. The summed E-state index contributed by atoms with van der Waals surface area (Å²) in [7, 11) is 1.58. The third-order valence-corrected chi connectivity index (χ3v) is 3.60. The molecular formula is C15H16N2O4. The maximum absolute atomic E-state index is 12.1. The highest BCUT2D eigenvalue weighted by Crippen LogP contribution is 2.29. The number of hydrogen-bond donors (Lipinski definition) is 2. The van der Waals surface area contributed by atoms with E-state index < -0.39 is 5.91 Å². The van der Waals surface area contributed by atoms with Gasteiger partial charge in [0.05, 0.1) is 7.11 Å². The summed E-state index contributed by atoms with van der Waals surface area (Å²) in [5.74, 6) is 0.302. The predicted molar refractivity (Wildman–Crippen MR) is 75.8 cm³/mol. The Morgan fingerprint density at radius 2 is 2.05 bits per heavy atom. The lowest BCUT2D eigenvalue weighted by atomic mass is 10.1. The van der Waals surface area contributed by atoms with Gasteiger partial charge in [0, 0.05) is 16.9 Å². The van der Waals surface area contributed by atoms with Gasteiger partial charge in [-0.15, -0.1) is 0 Å². The maximum atomic E-state index is 12.1. The number of nitrogens with one attached hydrogen (secondary N) is 2. The molecule has 1 aliphatic carbocycles. The van der Waals surface area contributed by atoms with Crippen LogP contribution in [0.3, 0.4) is 0 Å².